The Morgan fingerprint density at radius 2 is 1.11 bits per heavy atom. The van der Waals surface area contributed by atoms with Crippen molar-refractivity contribution in [3.63, 3.8) is 0 Å². The van der Waals surface area contributed by atoms with Crippen molar-refractivity contribution in [2.24, 2.45) is 0 Å². The topological polar surface area (TPSA) is 50.9 Å². The number of nitrogens with zero attached hydrogens (tertiary/aromatic N) is 3. The number of hydrogen-bond acceptors (Lipinski definition) is 3. The van der Waals surface area contributed by atoms with Crippen molar-refractivity contribution in [1.82, 2.24) is 14.5 Å². The smallest absolute Gasteiger partial charge is 0.149 e. The van der Waals surface area contributed by atoms with Crippen LogP contribution in [-0.4, -0.2) is 19.6 Å². The van der Waals surface area contributed by atoms with Crippen LogP contribution in [0.2, 0.25) is 0 Å². The van der Waals surface area contributed by atoms with Crippen LogP contribution in [0.25, 0.3) is 83.9 Å². The predicted octanol–water partition coefficient (Wildman–Crippen LogP) is 12.8. The second-order valence-electron chi connectivity index (χ2n) is 14.8. The Labute approximate surface area is 320 Å². The SMILES string of the molecule is CC1(C)c2ccccc2-c2cc(-c3nc4c(-c5cc(-c6ccccc6)cc(-c6cc(-c7ccccc7)ccn6)c5)cccc4n3-c3ccccc3)c(O)cc21. The van der Waals surface area contributed by atoms with E-state index in [1.54, 1.807) is 0 Å². The van der Waals surface area contributed by atoms with E-state index in [9.17, 15) is 5.11 Å². The third-order valence-corrected chi connectivity index (χ3v) is 11.2. The minimum atomic E-state index is -0.231. The van der Waals surface area contributed by atoms with Gasteiger partial charge in [0.15, 0.2) is 0 Å². The number of para-hydroxylation sites is 2. The van der Waals surface area contributed by atoms with Crippen LogP contribution < -0.4 is 0 Å². The monoisotopic (exact) mass is 707 g/mol. The lowest BCUT2D eigenvalue weighted by atomic mass is 9.82. The Bertz CT molecular complexity index is 2890. The van der Waals surface area contributed by atoms with Crippen molar-refractivity contribution in [1.29, 1.82) is 0 Å². The molecule has 0 fully saturated rings. The Morgan fingerprint density at radius 1 is 0.473 bits per heavy atom. The molecule has 7 aromatic carbocycles. The lowest BCUT2D eigenvalue weighted by Crippen LogP contribution is -2.14. The highest BCUT2D eigenvalue weighted by Gasteiger charge is 2.36. The van der Waals surface area contributed by atoms with E-state index in [0.29, 0.717) is 11.4 Å². The van der Waals surface area contributed by atoms with E-state index in [-0.39, 0.29) is 11.2 Å². The molecule has 1 aliphatic carbocycles. The van der Waals surface area contributed by atoms with Gasteiger partial charge in [-0.05, 0) is 111 Å². The first-order chi connectivity index (χ1) is 26.9. The summed E-state index contributed by atoms with van der Waals surface area (Å²) in [4.78, 5) is 10.3. The standard InChI is InChI=1S/C51H37N3O/c1-51(2)44-23-13-12-21-41(44)42-31-43(48(55)32-45(42)51)50-53-49-40(22-14-24-47(49)54(50)39-19-10-5-11-20-39)37-27-36(34-17-8-4-9-18-34)28-38(29-37)46-30-35(25-26-52-46)33-15-6-3-7-16-33/h3-32,55H,1-2H3. The van der Waals surface area contributed by atoms with Gasteiger partial charge in [-0.3, -0.25) is 9.55 Å². The number of fused-ring (bicyclic) bond motifs is 4. The molecule has 0 saturated carbocycles. The minimum Gasteiger partial charge on any atom is -0.507 e. The molecule has 1 N–H and O–H groups in total. The summed E-state index contributed by atoms with van der Waals surface area (Å²) < 4.78 is 2.18. The minimum absolute atomic E-state index is 0.214. The van der Waals surface area contributed by atoms with Crippen LogP contribution in [-0.2, 0) is 5.41 Å². The number of hydrogen-bond donors (Lipinski definition) is 1. The van der Waals surface area contributed by atoms with Crippen molar-refractivity contribution in [2.45, 2.75) is 19.3 Å². The molecule has 1 aliphatic rings. The van der Waals surface area contributed by atoms with Crippen LogP contribution in [0.15, 0.2) is 182 Å². The van der Waals surface area contributed by atoms with Gasteiger partial charge in [0.05, 0.1) is 22.3 Å². The van der Waals surface area contributed by atoms with E-state index in [1.807, 2.05) is 42.6 Å². The van der Waals surface area contributed by atoms with Gasteiger partial charge in [0.2, 0.25) is 0 Å². The van der Waals surface area contributed by atoms with E-state index >= 15 is 0 Å². The first-order valence-electron chi connectivity index (χ1n) is 18.7. The zero-order valence-electron chi connectivity index (χ0n) is 30.6. The average Bonchev–Trinajstić information content (AvgIpc) is 3.73. The number of aromatic nitrogens is 3. The summed E-state index contributed by atoms with van der Waals surface area (Å²) in [7, 11) is 0. The summed E-state index contributed by atoms with van der Waals surface area (Å²) in [5.41, 5.74) is 16.4. The number of benzene rings is 7. The number of aromatic hydroxyl groups is 1. The van der Waals surface area contributed by atoms with Gasteiger partial charge in [-0.1, -0.05) is 129 Å². The molecular weight excluding hydrogens is 671 g/mol. The molecule has 0 amide bonds. The van der Waals surface area contributed by atoms with Gasteiger partial charge in [0.1, 0.15) is 11.6 Å². The van der Waals surface area contributed by atoms with E-state index in [1.165, 1.54) is 11.1 Å². The maximum atomic E-state index is 11.9. The van der Waals surface area contributed by atoms with E-state index in [0.717, 1.165) is 72.5 Å². The van der Waals surface area contributed by atoms with Gasteiger partial charge in [-0.15, -0.1) is 0 Å². The normalized spacial score (nSPS) is 12.8. The maximum absolute atomic E-state index is 11.9. The zero-order chi connectivity index (χ0) is 37.1. The van der Waals surface area contributed by atoms with Gasteiger partial charge in [0, 0.05) is 28.4 Å². The maximum Gasteiger partial charge on any atom is 0.149 e. The fourth-order valence-electron chi connectivity index (χ4n) is 8.39. The molecule has 0 atom stereocenters. The van der Waals surface area contributed by atoms with Crippen molar-refractivity contribution in [3.8, 4) is 78.6 Å². The molecule has 10 rings (SSSR count). The summed E-state index contributed by atoms with van der Waals surface area (Å²) in [6.45, 7) is 4.46. The molecule has 2 aromatic heterocycles. The van der Waals surface area contributed by atoms with Crippen LogP contribution in [0.1, 0.15) is 25.0 Å². The third kappa shape index (κ3) is 5.45. The Kier molecular flexibility index (Phi) is 7.60. The highest BCUT2D eigenvalue weighted by Crippen LogP contribution is 2.52. The van der Waals surface area contributed by atoms with E-state index < -0.39 is 0 Å². The number of imidazole rings is 1. The predicted molar refractivity (Wildman–Crippen MR) is 225 cm³/mol. The molecule has 0 bridgehead atoms. The highest BCUT2D eigenvalue weighted by atomic mass is 16.3. The number of phenols is 1. The van der Waals surface area contributed by atoms with Crippen molar-refractivity contribution < 1.29 is 5.11 Å². The van der Waals surface area contributed by atoms with Gasteiger partial charge in [0.25, 0.3) is 0 Å². The molecule has 0 radical (unpaired) electrons. The Balaban J connectivity index is 1.21. The fraction of sp³-hybridized carbons (Fsp3) is 0.0588. The van der Waals surface area contributed by atoms with Crippen molar-refractivity contribution in [2.75, 3.05) is 0 Å². The fourth-order valence-corrected chi connectivity index (χ4v) is 8.39. The molecule has 0 spiro atoms. The second kappa shape index (κ2) is 12.8. The molecule has 4 heteroatoms. The summed E-state index contributed by atoms with van der Waals surface area (Å²) >= 11 is 0. The van der Waals surface area contributed by atoms with Crippen molar-refractivity contribution >= 4 is 11.0 Å². The number of rotatable bonds is 6. The largest absolute Gasteiger partial charge is 0.507 e. The van der Waals surface area contributed by atoms with E-state index in [4.69, 9.17) is 9.97 Å². The second-order valence-corrected chi connectivity index (χ2v) is 14.8. The van der Waals surface area contributed by atoms with Gasteiger partial charge < -0.3 is 5.11 Å². The number of pyridine rings is 1. The molecule has 262 valence electrons. The van der Waals surface area contributed by atoms with Crippen molar-refractivity contribution in [3.05, 3.63) is 193 Å². The lowest BCUT2D eigenvalue weighted by molar-refractivity contribution is 0.474. The Hall–Kier alpha value is -7.04. The van der Waals surface area contributed by atoms with Crippen LogP contribution in [0.4, 0.5) is 0 Å². The molecular formula is C51H37N3O. The zero-order valence-corrected chi connectivity index (χ0v) is 30.6. The van der Waals surface area contributed by atoms with Crippen LogP contribution in [0, 0.1) is 0 Å². The highest BCUT2D eigenvalue weighted by molar-refractivity contribution is 5.98. The van der Waals surface area contributed by atoms with Crippen LogP contribution in [0.3, 0.4) is 0 Å². The first-order valence-corrected chi connectivity index (χ1v) is 18.7. The summed E-state index contributed by atoms with van der Waals surface area (Å²) in [5.74, 6) is 0.902. The summed E-state index contributed by atoms with van der Waals surface area (Å²) in [6, 6.07) is 61.2. The van der Waals surface area contributed by atoms with E-state index in [2.05, 4.69) is 158 Å². The van der Waals surface area contributed by atoms with Crippen LogP contribution in [0.5, 0.6) is 5.75 Å². The molecule has 55 heavy (non-hydrogen) atoms. The molecule has 0 unspecified atom stereocenters. The Morgan fingerprint density at radius 3 is 1.87 bits per heavy atom. The third-order valence-electron chi connectivity index (χ3n) is 11.2. The average molecular weight is 708 g/mol. The molecule has 9 aromatic rings. The lowest BCUT2D eigenvalue weighted by Gasteiger charge is -2.22. The summed E-state index contributed by atoms with van der Waals surface area (Å²) in [6.07, 6.45) is 1.89. The molecule has 4 nitrogen and oxygen atoms in total. The number of phenolic OH excluding ortho intramolecular Hbond substituents is 1. The van der Waals surface area contributed by atoms with Gasteiger partial charge in [-0.2, -0.15) is 0 Å². The molecule has 0 saturated heterocycles. The molecule has 2 heterocycles. The van der Waals surface area contributed by atoms with Crippen LogP contribution >= 0.6 is 0 Å². The molecule has 0 aliphatic heterocycles. The van der Waals surface area contributed by atoms with Gasteiger partial charge >= 0.3 is 0 Å². The summed E-state index contributed by atoms with van der Waals surface area (Å²) in [5, 5.41) is 11.9. The first kappa shape index (κ1) is 32.6. The quantitative estimate of drug-likeness (QED) is 0.187. The van der Waals surface area contributed by atoms with Gasteiger partial charge in [-0.25, -0.2) is 4.98 Å².